The highest BCUT2D eigenvalue weighted by atomic mass is 79.9. The smallest absolute Gasteiger partial charge is 0.244 e. The second-order valence-electron chi connectivity index (χ2n) is 3.02. The number of nitrogens with one attached hydrogen (secondary N) is 2. The van der Waals surface area contributed by atoms with Crippen LogP contribution in [0.1, 0.15) is 6.92 Å². The van der Waals surface area contributed by atoms with E-state index in [1.807, 2.05) is 13.0 Å². The van der Waals surface area contributed by atoms with Gasteiger partial charge in [0, 0.05) is 12.6 Å². The maximum atomic E-state index is 11.4. The molecule has 1 aromatic heterocycles. The Hall–Kier alpha value is -1.04. The molecule has 0 saturated carbocycles. The molecule has 1 aliphatic rings. The van der Waals surface area contributed by atoms with E-state index in [9.17, 15) is 4.79 Å². The van der Waals surface area contributed by atoms with Crippen LogP contribution in [0.5, 0.6) is 0 Å². The summed E-state index contributed by atoms with van der Waals surface area (Å²) in [6.45, 7) is 2.49. The van der Waals surface area contributed by atoms with Gasteiger partial charge in [0.05, 0.1) is 5.92 Å². The highest BCUT2D eigenvalue weighted by molar-refractivity contribution is 9.10. The van der Waals surface area contributed by atoms with Crippen LogP contribution in [0, 0.1) is 5.92 Å². The Balaban J connectivity index is 2.33. The van der Waals surface area contributed by atoms with Gasteiger partial charge in [-0.1, -0.05) is 6.92 Å². The number of carbonyl (C=O) groups is 1. The zero-order valence-corrected chi connectivity index (χ0v) is 8.63. The molecule has 0 aromatic carbocycles. The van der Waals surface area contributed by atoms with Gasteiger partial charge in [-0.3, -0.25) is 4.79 Å². The summed E-state index contributed by atoms with van der Waals surface area (Å²) in [7, 11) is 0. The Kier molecular flexibility index (Phi) is 1.99. The molecule has 1 aromatic rings. The zero-order valence-electron chi connectivity index (χ0n) is 7.04. The molecule has 1 aliphatic heterocycles. The first kappa shape index (κ1) is 8.55. The zero-order chi connectivity index (χ0) is 9.42. The third-order valence-electron chi connectivity index (χ3n) is 1.93. The Bertz CT molecular complexity index is 348. The summed E-state index contributed by atoms with van der Waals surface area (Å²) in [6.07, 6.45) is 0. The molecule has 0 aliphatic carbocycles. The van der Waals surface area contributed by atoms with Gasteiger partial charge in [0.1, 0.15) is 10.4 Å². The lowest BCUT2D eigenvalue weighted by Crippen LogP contribution is -2.27. The molecule has 0 bridgehead atoms. The van der Waals surface area contributed by atoms with Gasteiger partial charge in [-0.15, -0.1) is 5.10 Å². The van der Waals surface area contributed by atoms with E-state index in [2.05, 4.69) is 31.8 Å². The lowest BCUT2D eigenvalue weighted by molar-refractivity contribution is -0.119. The monoisotopic (exact) mass is 244 g/mol. The van der Waals surface area contributed by atoms with Crippen LogP contribution in [0.15, 0.2) is 10.7 Å². The third kappa shape index (κ3) is 1.53. The second kappa shape index (κ2) is 3.02. The molecule has 0 fully saturated rings. The van der Waals surface area contributed by atoms with Gasteiger partial charge in [-0.25, -0.2) is 5.43 Å². The second-order valence-corrected chi connectivity index (χ2v) is 3.83. The van der Waals surface area contributed by atoms with E-state index in [4.69, 9.17) is 0 Å². The summed E-state index contributed by atoms with van der Waals surface area (Å²) < 4.78 is 0.699. The van der Waals surface area contributed by atoms with Crippen LogP contribution in [0.2, 0.25) is 0 Å². The number of hydrogen-bond acceptors (Lipinski definition) is 3. The fraction of sp³-hybridized carbons (Fsp3) is 0.429. The summed E-state index contributed by atoms with van der Waals surface area (Å²) in [5.74, 6) is 0.729. The van der Waals surface area contributed by atoms with Gasteiger partial charge < -0.3 is 5.32 Å². The van der Waals surface area contributed by atoms with Crippen molar-refractivity contribution < 1.29 is 4.79 Å². The molecule has 1 atom stereocenters. The lowest BCUT2D eigenvalue weighted by Gasteiger charge is -2.04. The number of carbonyl (C=O) groups excluding carboxylic acids is 1. The predicted molar refractivity (Wildman–Crippen MR) is 51.9 cm³/mol. The number of fused-ring (bicyclic) bond motifs is 1. The fourth-order valence-electron chi connectivity index (χ4n) is 1.13. The number of halogens is 1. The average molecular weight is 245 g/mol. The largest absolute Gasteiger partial charge is 0.368 e. The van der Waals surface area contributed by atoms with Gasteiger partial charge >= 0.3 is 0 Å². The molecule has 2 heterocycles. The quantitative estimate of drug-likeness (QED) is 0.710. The summed E-state index contributed by atoms with van der Waals surface area (Å²) in [6, 6.07) is 1.82. The van der Waals surface area contributed by atoms with Crippen LogP contribution in [-0.4, -0.2) is 22.3 Å². The molecule has 0 spiro atoms. The molecule has 70 valence electrons. The van der Waals surface area contributed by atoms with Crippen molar-refractivity contribution in [1.29, 1.82) is 0 Å². The van der Waals surface area contributed by atoms with Crippen LogP contribution in [-0.2, 0) is 4.79 Å². The number of amides is 1. The minimum Gasteiger partial charge on any atom is -0.368 e. The van der Waals surface area contributed by atoms with E-state index in [-0.39, 0.29) is 11.8 Å². The van der Waals surface area contributed by atoms with E-state index in [0.29, 0.717) is 11.1 Å². The summed E-state index contributed by atoms with van der Waals surface area (Å²) in [5.41, 5.74) is 2.67. The lowest BCUT2D eigenvalue weighted by atomic mass is 10.2. The first-order valence-corrected chi connectivity index (χ1v) is 4.76. The number of anilines is 1. The number of aromatic nitrogens is 2. The van der Waals surface area contributed by atoms with Gasteiger partial charge in [-0.05, 0) is 15.9 Å². The average Bonchev–Trinajstić information content (AvgIpc) is 2.36. The molecular weight excluding hydrogens is 236 g/mol. The third-order valence-corrected chi connectivity index (χ3v) is 2.32. The molecular formula is C7H9BrN4O. The first-order valence-electron chi connectivity index (χ1n) is 3.97. The Morgan fingerprint density at radius 2 is 2.54 bits per heavy atom. The van der Waals surface area contributed by atoms with Crippen LogP contribution in [0.25, 0.3) is 0 Å². The Morgan fingerprint density at radius 1 is 1.77 bits per heavy atom. The van der Waals surface area contributed by atoms with Crippen molar-refractivity contribution >= 4 is 27.7 Å². The van der Waals surface area contributed by atoms with Crippen LogP contribution >= 0.6 is 15.9 Å². The maximum absolute atomic E-state index is 11.4. The van der Waals surface area contributed by atoms with Crippen LogP contribution in [0.4, 0.5) is 5.82 Å². The fourth-order valence-corrected chi connectivity index (χ4v) is 1.50. The van der Waals surface area contributed by atoms with Crippen LogP contribution < -0.4 is 10.7 Å². The van der Waals surface area contributed by atoms with Crippen molar-refractivity contribution in [1.82, 2.24) is 9.89 Å². The predicted octanol–water partition coefficient (Wildman–Crippen LogP) is 0.777. The van der Waals surface area contributed by atoms with E-state index < -0.39 is 0 Å². The van der Waals surface area contributed by atoms with Crippen LogP contribution in [0.3, 0.4) is 0 Å². The van der Waals surface area contributed by atoms with E-state index in [0.717, 1.165) is 5.82 Å². The number of hydrogen-bond donors (Lipinski definition) is 2. The van der Waals surface area contributed by atoms with Crippen molar-refractivity contribution in [2.45, 2.75) is 6.92 Å². The molecule has 1 amide bonds. The van der Waals surface area contributed by atoms with Crippen molar-refractivity contribution in [3.8, 4) is 0 Å². The van der Waals surface area contributed by atoms with Crippen molar-refractivity contribution in [3.63, 3.8) is 0 Å². The summed E-state index contributed by atoms with van der Waals surface area (Å²) >= 11 is 3.23. The van der Waals surface area contributed by atoms with E-state index in [1.165, 1.54) is 4.79 Å². The Morgan fingerprint density at radius 3 is 3.31 bits per heavy atom. The van der Waals surface area contributed by atoms with E-state index in [1.54, 1.807) is 0 Å². The van der Waals surface area contributed by atoms with Crippen molar-refractivity contribution in [3.05, 3.63) is 10.7 Å². The topological polar surface area (TPSA) is 59.0 Å². The molecule has 6 heteroatoms. The van der Waals surface area contributed by atoms with Gasteiger partial charge in [0.25, 0.3) is 0 Å². The molecule has 5 nitrogen and oxygen atoms in total. The standard InChI is InChI=1S/C7H9BrN4O/c1-4-3-9-6-2-5(8)10-12(6)11-7(4)13/h2,4,9H,3H2,1H3,(H,11,13). The van der Waals surface area contributed by atoms with E-state index >= 15 is 0 Å². The maximum Gasteiger partial charge on any atom is 0.244 e. The molecule has 0 saturated heterocycles. The normalized spacial score (nSPS) is 21.4. The molecule has 0 radical (unpaired) electrons. The highest BCUT2D eigenvalue weighted by Crippen LogP contribution is 2.16. The van der Waals surface area contributed by atoms with Gasteiger partial charge in [0.15, 0.2) is 0 Å². The number of rotatable bonds is 0. The minimum atomic E-state index is -0.0412. The summed E-state index contributed by atoms with van der Waals surface area (Å²) in [4.78, 5) is 12.8. The van der Waals surface area contributed by atoms with Crippen molar-refractivity contribution in [2.75, 3.05) is 17.3 Å². The molecule has 1 unspecified atom stereocenters. The van der Waals surface area contributed by atoms with Crippen molar-refractivity contribution in [2.24, 2.45) is 5.92 Å². The number of nitrogens with zero attached hydrogens (tertiary/aromatic N) is 2. The SMILES string of the molecule is CC1CNc2cc(Br)nn2NC1=O. The molecule has 2 rings (SSSR count). The minimum absolute atomic E-state index is 0.0261. The van der Waals surface area contributed by atoms with Gasteiger partial charge in [0.2, 0.25) is 5.91 Å². The summed E-state index contributed by atoms with van der Waals surface area (Å²) in [5, 5.41) is 7.15. The van der Waals surface area contributed by atoms with Gasteiger partial charge in [-0.2, -0.15) is 4.79 Å². The Labute approximate surface area is 83.6 Å². The molecule has 13 heavy (non-hydrogen) atoms. The molecule has 2 N–H and O–H groups in total. The first-order chi connectivity index (χ1) is 6.16. The highest BCUT2D eigenvalue weighted by Gasteiger charge is 2.19.